The number of fused-ring (bicyclic) bond motifs is 1. The summed E-state index contributed by atoms with van der Waals surface area (Å²) in [5.74, 6) is 0.860. The van der Waals surface area contributed by atoms with Crippen molar-refractivity contribution in [1.29, 1.82) is 0 Å². The first-order chi connectivity index (χ1) is 9.27. The fourth-order valence-corrected chi connectivity index (χ4v) is 3.18. The highest BCUT2D eigenvalue weighted by Crippen LogP contribution is 2.36. The zero-order valence-corrected chi connectivity index (χ0v) is 14.4. The van der Waals surface area contributed by atoms with Gasteiger partial charge in [0.2, 0.25) is 0 Å². The van der Waals surface area contributed by atoms with Gasteiger partial charge in [-0.15, -0.1) is 11.6 Å². The molecule has 1 heterocycles. The van der Waals surface area contributed by atoms with Crippen LogP contribution in [0, 0.1) is 0 Å². The van der Waals surface area contributed by atoms with E-state index in [0.717, 1.165) is 29.7 Å². The molecule has 0 N–H and O–H groups in total. The molecular formula is C15H19Cl3N2. The number of nitrogens with zero attached hydrogens (tertiary/aromatic N) is 2. The quantitative estimate of drug-likeness (QED) is 0.611. The standard InChI is InChI=1S/C15H19Cl3N2/c1-5-6-15(3,4)20-13-8-11(18)10(17)7-12(13)19-14(20)9(2)16/h7-9H,5-6H2,1-4H3. The number of hydrogen-bond acceptors (Lipinski definition) is 1. The Morgan fingerprint density at radius 1 is 1.25 bits per heavy atom. The summed E-state index contributed by atoms with van der Waals surface area (Å²) < 4.78 is 2.20. The summed E-state index contributed by atoms with van der Waals surface area (Å²) in [6.45, 7) is 8.50. The molecule has 1 aromatic heterocycles. The van der Waals surface area contributed by atoms with Crippen LogP contribution in [-0.2, 0) is 5.54 Å². The summed E-state index contributed by atoms with van der Waals surface area (Å²) in [6, 6.07) is 3.69. The maximum Gasteiger partial charge on any atom is 0.128 e. The second-order valence-electron chi connectivity index (χ2n) is 5.74. The van der Waals surface area contributed by atoms with Gasteiger partial charge in [0.25, 0.3) is 0 Å². The summed E-state index contributed by atoms with van der Waals surface area (Å²) >= 11 is 18.6. The van der Waals surface area contributed by atoms with Gasteiger partial charge in [-0.1, -0.05) is 36.5 Å². The van der Waals surface area contributed by atoms with Crippen molar-refractivity contribution < 1.29 is 0 Å². The van der Waals surface area contributed by atoms with Crippen LogP contribution in [0.4, 0.5) is 0 Å². The van der Waals surface area contributed by atoms with E-state index in [4.69, 9.17) is 34.8 Å². The molecule has 0 fully saturated rings. The molecule has 0 aliphatic rings. The Labute approximate surface area is 135 Å². The minimum atomic E-state index is -0.170. The molecule has 1 aromatic carbocycles. The predicted octanol–water partition coefficient (Wildman–Crippen LogP) is 6.18. The van der Waals surface area contributed by atoms with Crippen molar-refractivity contribution in [1.82, 2.24) is 9.55 Å². The molecule has 0 saturated carbocycles. The average Bonchev–Trinajstić information content (AvgIpc) is 2.69. The second-order valence-corrected chi connectivity index (χ2v) is 7.21. The Kier molecular flexibility index (Phi) is 4.58. The van der Waals surface area contributed by atoms with E-state index in [-0.39, 0.29) is 10.9 Å². The first kappa shape index (κ1) is 15.9. The first-order valence-electron chi connectivity index (χ1n) is 6.80. The Morgan fingerprint density at radius 2 is 1.85 bits per heavy atom. The van der Waals surface area contributed by atoms with Gasteiger partial charge in [0.1, 0.15) is 5.82 Å². The highest BCUT2D eigenvalue weighted by Gasteiger charge is 2.27. The van der Waals surface area contributed by atoms with Crippen LogP contribution in [0.25, 0.3) is 11.0 Å². The monoisotopic (exact) mass is 332 g/mol. The van der Waals surface area contributed by atoms with E-state index in [1.165, 1.54) is 0 Å². The number of aromatic nitrogens is 2. The molecule has 0 aliphatic carbocycles. The lowest BCUT2D eigenvalue weighted by Gasteiger charge is -2.30. The second kappa shape index (κ2) is 5.75. The Balaban J connectivity index is 2.78. The normalized spacial score (nSPS) is 13.9. The Hall–Kier alpha value is -0.440. The van der Waals surface area contributed by atoms with Gasteiger partial charge < -0.3 is 4.57 Å². The number of imidazole rings is 1. The molecule has 2 nitrogen and oxygen atoms in total. The van der Waals surface area contributed by atoms with Gasteiger partial charge in [0.15, 0.2) is 0 Å². The zero-order valence-electron chi connectivity index (χ0n) is 12.2. The van der Waals surface area contributed by atoms with Crippen molar-refractivity contribution >= 4 is 45.8 Å². The summed E-state index contributed by atoms with van der Waals surface area (Å²) in [6.07, 6.45) is 2.12. The molecule has 0 spiro atoms. The topological polar surface area (TPSA) is 17.8 Å². The fourth-order valence-electron chi connectivity index (χ4n) is 2.72. The number of benzene rings is 1. The molecule has 20 heavy (non-hydrogen) atoms. The van der Waals surface area contributed by atoms with Crippen LogP contribution >= 0.6 is 34.8 Å². The lowest BCUT2D eigenvalue weighted by Crippen LogP contribution is -2.28. The van der Waals surface area contributed by atoms with Crippen LogP contribution < -0.4 is 0 Å². The predicted molar refractivity (Wildman–Crippen MR) is 88.3 cm³/mol. The van der Waals surface area contributed by atoms with Gasteiger partial charge in [-0.3, -0.25) is 0 Å². The molecule has 2 aromatic rings. The van der Waals surface area contributed by atoms with Crippen LogP contribution in [0.3, 0.4) is 0 Å². The van der Waals surface area contributed by atoms with Crippen molar-refractivity contribution in [2.24, 2.45) is 0 Å². The molecule has 110 valence electrons. The van der Waals surface area contributed by atoms with Crippen molar-refractivity contribution in [2.75, 3.05) is 0 Å². The van der Waals surface area contributed by atoms with Crippen LogP contribution in [-0.4, -0.2) is 9.55 Å². The van der Waals surface area contributed by atoms with E-state index in [1.54, 1.807) is 6.07 Å². The van der Waals surface area contributed by atoms with Crippen LogP contribution in [0.15, 0.2) is 12.1 Å². The summed E-state index contributed by atoms with van der Waals surface area (Å²) in [5, 5.41) is 0.892. The van der Waals surface area contributed by atoms with Crippen molar-refractivity contribution in [3.05, 3.63) is 28.0 Å². The fraction of sp³-hybridized carbons (Fsp3) is 0.533. The van der Waals surface area contributed by atoms with Crippen molar-refractivity contribution in [3.63, 3.8) is 0 Å². The molecule has 2 rings (SSSR count). The number of hydrogen-bond donors (Lipinski definition) is 0. The van der Waals surface area contributed by atoms with E-state index < -0.39 is 0 Å². The van der Waals surface area contributed by atoms with Crippen LogP contribution in [0.1, 0.15) is 51.7 Å². The minimum Gasteiger partial charge on any atom is -0.321 e. The Morgan fingerprint density at radius 3 is 2.40 bits per heavy atom. The third-order valence-corrected chi connectivity index (χ3v) is 4.46. The third kappa shape index (κ3) is 2.79. The Bertz CT molecular complexity index is 630. The summed E-state index contributed by atoms with van der Waals surface area (Å²) in [7, 11) is 0. The largest absolute Gasteiger partial charge is 0.321 e. The average molecular weight is 334 g/mol. The van der Waals surface area contributed by atoms with E-state index in [9.17, 15) is 0 Å². The van der Waals surface area contributed by atoms with Crippen LogP contribution in [0.5, 0.6) is 0 Å². The van der Waals surface area contributed by atoms with E-state index in [1.807, 2.05) is 13.0 Å². The maximum atomic E-state index is 6.32. The van der Waals surface area contributed by atoms with E-state index in [0.29, 0.717) is 10.0 Å². The number of halogens is 3. The van der Waals surface area contributed by atoms with Gasteiger partial charge in [0, 0.05) is 5.54 Å². The minimum absolute atomic E-state index is 0.0703. The first-order valence-corrected chi connectivity index (χ1v) is 7.99. The molecular weight excluding hydrogens is 315 g/mol. The smallest absolute Gasteiger partial charge is 0.128 e. The lowest BCUT2D eigenvalue weighted by molar-refractivity contribution is 0.323. The SMILES string of the molecule is CCCC(C)(C)n1c(C(C)Cl)nc2cc(Cl)c(Cl)cc21. The summed E-state index contributed by atoms with van der Waals surface area (Å²) in [4.78, 5) is 4.65. The van der Waals surface area contributed by atoms with Crippen molar-refractivity contribution in [3.8, 4) is 0 Å². The van der Waals surface area contributed by atoms with E-state index >= 15 is 0 Å². The maximum absolute atomic E-state index is 6.32. The van der Waals surface area contributed by atoms with Gasteiger partial charge in [-0.05, 0) is 39.3 Å². The van der Waals surface area contributed by atoms with Crippen LogP contribution in [0.2, 0.25) is 10.0 Å². The van der Waals surface area contributed by atoms with Gasteiger partial charge >= 0.3 is 0 Å². The van der Waals surface area contributed by atoms with Gasteiger partial charge in [-0.25, -0.2) is 4.98 Å². The molecule has 0 saturated heterocycles. The third-order valence-electron chi connectivity index (χ3n) is 3.55. The van der Waals surface area contributed by atoms with E-state index in [2.05, 4.69) is 30.3 Å². The highest BCUT2D eigenvalue weighted by atomic mass is 35.5. The molecule has 1 atom stereocenters. The van der Waals surface area contributed by atoms with Gasteiger partial charge in [0.05, 0.1) is 26.5 Å². The molecule has 0 aliphatic heterocycles. The highest BCUT2D eigenvalue weighted by molar-refractivity contribution is 6.42. The molecule has 0 bridgehead atoms. The lowest BCUT2D eigenvalue weighted by atomic mass is 9.97. The zero-order chi connectivity index (χ0) is 15.1. The van der Waals surface area contributed by atoms with Crippen molar-refractivity contribution in [2.45, 2.75) is 51.5 Å². The molecule has 0 radical (unpaired) electrons. The molecule has 0 amide bonds. The van der Waals surface area contributed by atoms with Gasteiger partial charge in [-0.2, -0.15) is 0 Å². The molecule has 1 unspecified atom stereocenters. The summed E-state index contributed by atoms with van der Waals surface area (Å²) in [5.41, 5.74) is 1.76. The number of alkyl halides is 1. The number of rotatable bonds is 4. The molecule has 5 heteroatoms.